The van der Waals surface area contributed by atoms with Gasteiger partial charge in [-0.05, 0) is 12.3 Å². The molecule has 0 radical (unpaired) electrons. The van der Waals surface area contributed by atoms with Crippen molar-refractivity contribution in [2.24, 2.45) is 5.92 Å². The van der Waals surface area contributed by atoms with Gasteiger partial charge in [0.05, 0.1) is 0 Å². The van der Waals surface area contributed by atoms with Crippen molar-refractivity contribution in [3.63, 3.8) is 0 Å². The molecule has 0 aliphatic carbocycles. The lowest BCUT2D eigenvalue weighted by Crippen LogP contribution is -1.96. The fourth-order valence-electron chi connectivity index (χ4n) is 0.917. The van der Waals surface area contributed by atoms with Gasteiger partial charge in [0.2, 0.25) is 0 Å². The number of hydrogen-bond donors (Lipinski definition) is 1. The summed E-state index contributed by atoms with van der Waals surface area (Å²) in [7, 11) is 0. The minimum absolute atomic E-state index is 0.352. The van der Waals surface area contributed by atoms with Crippen LogP contribution >= 0.6 is 0 Å². The highest BCUT2D eigenvalue weighted by atomic mass is 16.2. The van der Waals surface area contributed by atoms with Gasteiger partial charge in [-0.15, -0.1) is 0 Å². The zero-order valence-corrected chi connectivity index (χ0v) is 8.56. The van der Waals surface area contributed by atoms with E-state index >= 15 is 0 Å². The van der Waals surface area contributed by atoms with Gasteiger partial charge in [0.25, 0.3) is 0 Å². The van der Waals surface area contributed by atoms with E-state index in [2.05, 4.69) is 13.8 Å². The van der Waals surface area contributed by atoms with Crippen molar-refractivity contribution in [3.8, 4) is 0 Å². The Hall–Kier alpha value is -0.0400. The highest BCUT2D eigenvalue weighted by Crippen LogP contribution is 2.10. The summed E-state index contributed by atoms with van der Waals surface area (Å²) in [5.74, 6) is 0.718. The molecule has 0 spiro atoms. The maximum atomic E-state index is 8.54. The van der Waals surface area contributed by atoms with E-state index < -0.39 is 0 Å². The van der Waals surface area contributed by atoms with Crippen LogP contribution in [0.2, 0.25) is 0 Å². The Labute approximate surface area is 71.8 Å². The smallest absolute Gasteiger partial charge is 0.0433 e. The Kier molecular flexibility index (Phi) is 15.5. The van der Waals surface area contributed by atoms with Crippen LogP contribution in [-0.4, -0.2) is 11.7 Å². The molecular formula is C10H24O. The van der Waals surface area contributed by atoms with Crippen LogP contribution in [0.1, 0.15) is 53.4 Å². The average Bonchev–Trinajstić information content (AvgIpc) is 2.05. The third-order valence-corrected chi connectivity index (χ3v) is 1.67. The Morgan fingerprint density at radius 1 is 1.18 bits per heavy atom. The first kappa shape index (κ1) is 13.5. The van der Waals surface area contributed by atoms with Gasteiger partial charge < -0.3 is 5.11 Å². The van der Waals surface area contributed by atoms with Crippen LogP contribution in [0.3, 0.4) is 0 Å². The topological polar surface area (TPSA) is 20.2 Å². The number of hydrogen-bond acceptors (Lipinski definition) is 1. The second-order valence-electron chi connectivity index (χ2n) is 2.76. The lowest BCUT2D eigenvalue weighted by molar-refractivity contribution is 0.257. The minimum atomic E-state index is 0.352. The van der Waals surface area contributed by atoms with E-state index in [-0.39, 0.29) is 0 Å². The van der Waals surface area contributed by atoms with E-state index in [1.165, 1.54) is 19.3 Å². The predicted octanol–water partition coefficient (Wildman–Crippen LogP) is 3.22. The fraction of sp³-hybridized carbons (Fsp3) is 1.00. The fourth-order valence-corrected chi connectivity index (χ4v) is 0.917. The Balaban J connectivity index is 0. The molecule has 0 amide bonds. The molecule has 0 saturated carbocycles. The molecule has 0 aliphatic rings. The summed E-state index contributed by atoms with van der Waals surface area (Å²) in [6, 6.07) is 0. The van der Waals surface area contributed by atoms with E-state index in [0.29, 0.717) is 6.61 Å². The van der Waals surface area contributed by atoms with E-state index in [0.717, 1.165) is 12.3 Å². The summed E-state index contributed by atoms with van der Waals surface area (Å²) in [5.41, 5.74) is 0. The first-order chi connectivity index (χ1) is 5.31. The van der Waals surface area contributed by atoms with Crippen molar-refractivity contribution in [2.75, 3.05) is 6.61 Å². The van der Waals surface area contributed by atoms with Crippen molar-refractivity contribution in [1.82, 2.24) is 0 Å². The first-order valence-corrected chi connectivity index (χ1v) is 4.92. The Bertz CT molecular complexity index is 52.8. The molecule has 11 heavy (non-hydrogen) atoms. The van der Waals surface area contributed by atoms with Gasteiger partial charge in [0, 0.05) is 6.61 Å². The number of unbranched alkanes of at least 4 members (excludes halogenated alkanes) is 1. The molecule has 1 heteroatoms. The number of rotatable bonds is 5. The largest absolute Gasteiger partial charge is 0.396 e. The molecule has 0 aliphatic heterocycles. The second kappa shape index (κ2) is 12.6. The van der Waals surface area contributed by atoms with Crippen molar-refractivity contribution in [1.29, 1.82) is 0 Å². The molecule has 0 bridgehead atoms. The average molecular weight is 160 g/mol. The van der Waals surface area contributed by atoms with Crippen LogP contribution in [0.4, 0.5) is 0 Å². The summed E-state index contributed by atoms with van der Waals surface area (Å²) in [4.78, 5) is 0. The van der Waals surface area contributed by atoms with Crippen molar-refractivity contribution >= 4 is 0 Å². The number of aliphatic hydroxyl groups is 1. The van der Waals surface area contributed by atoms with Crippen LogP contribution in [0, 0.1) is 5.92 Å². The van der Waals surface area contributed by atoms with Gasteiger partial charge in [-0.25, -0.2) is 0 Å². The van der Waals surface area contributed by atoms with Gasteiger partial charge in [-0.3, -0.25) is 0 Å². The van der Waals surface area contributed by atoms with Crippen LogP contribution in [0.15, 0.2) is 0 Å². The molecule has 0 aromatic rings. The van der Waals surface area contributed by atoms with Crippen LogP contribution in [-0.2, 0) is 0 Å². The highest BCUT2D eigenvalue weighted by molar-refractivity contribution is 4.50. The summed E-state index contributed by atoms with van der Waals surface area (Å²) in [6.45, 7) is 8.75. The van der Waals surface area contributed by atoms with Crippen molar-refractivity contribution in [2.45, 2.75) is 53.4 Å². The normalized spacial score (nSPS) is 11.7. The molecule has 0 saturated heterocycles. The maximum Gasteiger partial charge on any atom is 0.0433 e. The summed E-state index contributed by atoms with van der Waals surface area (Å²) >= 11 is 0. The van der Waals surface area contributed by atoms with Crippen LogP contribution in [0.25, 0.3) is 0 Å². The lowest BCUT2D eigenvalue weighted by atomic mass is 10.0. The summed E-state index contributed by atoms with van der Waals surface area (Å²) < 4.78 is 0. The van der Waals surface area contributed by atoms with Gasteiger partial charge in [-0.1, -0.05) is 47.0 Å². The predicted molar refractivity (Wildman–Crippen MR) is 51.7 cm³/mol. The third kappa shape index (κ3) is 13.0. The van der Waals surface area contributed by atoms with E-state index in [1.54, 1.807) is 0 Å². The molecule has 1 atom stereocenters. The maximum absolute atomic E-state index is 8.54. The molecule has 1 N–H and O–H groups in total. The Morgan fingerprint density at radius 2 is 1.73 bits per heavy atom. The molecule has 1 nitrogen and oxygen atoms in total. The second-order valence-corrected chi connectivity index (χ2v) is 2.76. The highest BCUT2D eigenvalue weighted by Gasteiger charge is 1.98. The molecular weight excluding hydrogens is 136 g/mol. The lowest BCUT2D eigenvalue weighted by Gasteiger charge is -2.06. The summed E-state index contributed by atoms with van der Waals surface area (Å²) in [6.07, 6.45) is 4.83. The van der Waals surface area contributed by atoms with Gasteiger partial charge in [0.1, 0.15) is 0 Å². The molecule has 0 rings (SSSR count). The number of aliphatic hydroxyl groups excluding tert-OH is 1. The third-order valence-electron chi connectivity index (χ3n) is 1.67. The zero-order valence-electron chi connectivity index (χ0n) is 8.56. The molecule has 0 heterocycles. The van der Waals surface area contributed by atoms with Gasteiger partial charge in [-0.2, -0.15) is 0 Å². The Morgan fingerprint density at radius 3 is 2.09 bits per heavy atom. The monoisotopic (exact) mass is 160 g/mol. The molecule has 0 aromatic heterocycles. The van der Waals surface area contributed by atoms with E-state index in [4.69, 9.17) is 5.11 Å². The van der Waals surface area contributed by atoms with E-state index in [9.17, 15) is 0 Å². The van der Waals surface area contributed by atoms with Gasteiger partial charge >= 0.3 is 0 Å². The minimum Gasteiger partial charge on any atom is -0.396 e. The van der Waals surface area contributed by atoms with Crippen molar-refractivity contribution < 1.29 is 5.11 Å². The van der Waals surface area contributed by atoms with Crippen LogP contribution in [0.5, 0.6) is 0 Å². The molecule has 1 unspecified atom stereocenters. The standard InChI is InChI=1S/C8H18O.C2H6/c1-3-4-5-8(2)6-7-9;1-2/h8-9H,3-7H2,1-2H3;1-2H3. The first-order valence-electron chi connectivity index (χ1n) is 4.92. The SMILES string of the molecule is CC.CCCCC(C)CCO. The summed E-state index contributed by atoms with van der Waals surface area (Å²) in [5, 5.41) is 8.54. The van der Waals surface area contributed by atoms with E-state index in [1.807, 2.05) is 13.8 Å². The molecule has 70 valence electrons. The molecule has 0 aromatic carbocycles. The van der Waals surface area contributed by atoms with Gasteiger partial charge in [0.15, 0.2) is 0 Å². The van der Waals surface area contributed by atoms with Crippen molar-refractivity contribution in [3.05, 3.63) is 0 Å². The zero-order chi connectivity index (χ0) is 9.11. The quantitative estimate of drug-likeness (QED) is 0.654. The molecule has 0 fully saturated rings. The van der Waals surface area contributed by atoms with Crippen LogP contribution < -0.4 is 0 Å².